The van der Waals surface area contributed by atoms with Gasteiger partial charge in [0.2, 0.25) is 5.91 Å². The first-order valence-electron chi connectivity index (χ1n) is 11.8. The molecule has 0 heterocycles. The van der Waals surface area contributed by atoms with Gasteiger partial charge in [0.25, 0.3) is 5.91 Å². The van der Waals surface area contributed by atoms with Crippen LogP contribution in [0, 0.1) is 0 Å². The average Bonchev–Trinajstić information content (AvgIpc) is 3.19. The van der Waals surface area contributed by atoms with Crippen molar-refractivity contribution in [1.29, 1.82) is 0 Å². The van der Waals surface area contributed by atoms with E-state index >= 15 is 0 Å². The number of carbonyl (C=O) groups excluding carboxylic acids is 2. The second kappa shape index (κ2) is 9.74. The molecular weight excluding hydrogens is 440 g/mol. The number of amides is 2. The lowest BCUT2D eigenvalue weighted by molar-refractivity contribution is -0.137. The highest BCUT2D eigenvalue weighted by Gasteiger charge is 2.40. The normalized spacial score (nSPS) is 13.0. The highest BCUT2D eigenvalue weighted by Crippen LogP contribution is 2.37. The largest absolute Gasteiger partial charge is 0.481 e. The van der Waals surface area contributed by atoms with Crippen molar-refractivity contribution in [3.05, 3.63) is 95.1 Å². The molecule has 0 spiro atoms. The maximum atomic E-state index is 14.0. The van der Waals surface area contributed by atoms with Gasteiger partial charge in [-0.1, -0.05) is 60.7 Å². The number of nitrogens with zero attached hydrogens (tertiary/aromatic N) is 1. The molecule has 0 aliphatic heterocycles. The van der Waals surface area contributed by atoms with Gasteiger partial charge >= 0.3 is 5.97 Å². The van der Waals surface area contributed by atoms with E-state index in [9.17, 15) is 19.5 Å². The molecule has 0 bridgehead atoms. The van der Waals surface area contributed by atoms with Crippen LogP contribution in [0.1, 0.15) is 53.7 Å². The van der Waals surface area contributed by atoms with Crippen molar-refractivity contribution in [2.45, 2.75) is 51.1 Å². The Kier molecular flexibility index (Phi) is 6.74. The third kappa shape index (κ3) is 5.11. The minimum Gasteiger partial charge on any atom is -0.481 e. The summed E-state index contributed by atoms with van der Waals surface area (Å²) >= 11 is 0. The lowest BCUT2D eigenvalue weighted by atomic mass is 9.89. The lowest BCUT2D eigenvalue weighted by Gasteiger charge is -2.43. The molecule has 4 rings (SSSR count). The summed E-state index contributed by atoms with van der Waals surface area (Å²) in [6, 6.07) is 22.4. The van der Waals surface area contributed by atoms with E-state index < -0.39 is 23.5 Å². The van der Waals surface area contributed by atoms with Crippen LogP contribution in [0.25, 0.3) is 11.1 Å². The van der Waals surface area contributed by atoms with Crippen molar-refractivity contribution in [1.82, 2.24) is 4.90 Å². The number of carboxylic acids is 1. The Morgan fingerprint density at radius 2 is 1.60 bits per heavy atom. The van der Waals surface area contributed by atoms with Gasteiger partial charge in [-0.15, -0.1) is 0 Å². The van der Waals surface area contributed by atoms with E-state index in [-0.39, 0.29) is 18.7 Å². The minimum absolute atomic E-state index is 0.0506. The van der Waals surface area contributed by atoms with Gasteiger partial charge in [0.1, 0.15) is 6.04 Å². The zero-order valence-corrected chi connectivity index (χ0v) is 20.0. The highest BCUT2D eigenvalue weighted by atomic mass is 16.4. The third-order valence-corrected chi connectivity index (χ3v) is 6.66. The van der Waals surface area contributed by atoms with Gasteiger partial charge in [-0.2, -0.15) is 0 Å². The van der Waals surface area contributed by atoms with E-state index in [2.05, 4.69) is 12.1 Å². The molecule has 0 radical (unpaired) electrons. The van der Waals surface area contributed by atoms with E-state index in [1.807, 2.05) is 68.4 Å². The average molecular weight is 471 g/mol. The van der Waals surface area contributed by atoms with Crippen LogP contribution < -0.4 is 5.73 Å². The number of aliphatic carboxylic acids is 1. The molecule has 1 aliphatic carbocycles. The number of benzene rings is 3. The van der Waals surface area contributed by atoms with Gasteiger partial charge in [0, 0.05) is 17.5 Å². The smallest absolute Gasteiger partial charge is 0.303 e. The van der Waals surface area contributed by atoms with Crippen LogP contribution in [-0.4, -0.2) is 39.4 Å². The molecule has 0 unspecified atom stereocenters. The van der Waals surface area contributed by atoms with Crippen molar-refractivity contribution in [3.63, 3.8) is 0 Å². The summed E-state index contributed by atoms with van der Waals surface area (Å²) in [5, 5.41) is 9.26. The lowest BCUT2D eigenvalue weighted by Crippen LogP contribution is -2.58. The van der Waals surface area contributed by atoms with Crippen LogP contribution in [0.3, 0.4) is 0 Å². The van der Waals surface area contributed by atoms with E-state index in [1.165, 1.54) is 16.0 Å². The molecular formula is C29H30N2O4. The van der Waals surface area contributed by atoms with E-state index in [1.54, 1.807) is 6.07 Å². The summed E-state index contributed by atoms with van der Waals surface area (Å²) in [5.41, 5.74) is 10.9. The van der Waals surface area contributed by atoms with E-state index in [4.69, 9.17) is 5.73 Å². The monoisotopic (exact) mass is 470 g/mol. The van der Waals surface area contributed by atoms with Gasteiger partial charge < -0.3 is 15.7 Å². The fourth-order valence-electron chi connectivity index (χ4n) is 5.09. The predicted octanol–water partition coefficient (Wildman–Crippen LogP) is 4.44. The van der Waals surface area contributed by atoms with E-state index in [0.717, 1.165) is 23.1 Å². The first-order valence-corrected chi connectivity index (χ1v) is 11.8. The molecule has 0 saturated heterocycles. The molecule has 1 atom stereocenters. The Labute approximate surface area is 205 Å². The summed E-state index contributed by atoms with van der Waals surface area (Å²) in [6.07, 6.45) is 0.897. The summed E-state index contributed by atoms with van der Waals surface area (Å²) < 4.78 is 0. The second-order valence-electron chi connectivity index (χ2n) is 9.71. The zero-order valence-electron chi connectivity index (χ0n) is 20.0. The Balaban J connectivity index is 1.72. The molecule has 1 aliphatic rings. The Bertz CT molecular complexity index is 1270. The molecule has 0 fully saturated rings. The van der Waals surface area contributed by atoms with Gasteiger partial charge in [-0.3, -0.25) is 14.4 Å². The van der Waals surface area contributed by atoms with Crippen LogP contribution in [0.2, 0.25) is 0 Å². The van der Waals surface area contributed by atoms with E-state index in [0.29, 0.717) is 12.0 Å². The molecule has 2 amide bonds. The van der Waals surface area contributed by atoms with Crippen LogP contribution >= 0.6 is 0 Å². The molecule has 0 saturated carbocycles. The Hall–Kier alpha value is -3.93. The Morgan fingerprint density at radius 1 is 0.943 bits per heavy atom. The summed E-state index contributed by atoms with van der Waals surface area (Å²) in [5.74, 6) is -2.09. The molecule has 35 heavy (non-hydrogen) atoms. The molecule has 6 nitrogen and oxygen atoms in total. The molecule has 0 aromatic heterocycles. The third-order valence-electron chi connectivity index (χ3n) is 6.66. The number of primary amides is 1. The Morgan fingerprint density at radius 3 is 2.29 bits per heavy atom. The topological polar surface area (TPSA) is 101 Å². The molecule has 3 aromatic carbocycles. The quantitative estimate of drug-likeness (QED) is 0.378. The standard InChI is InChI=1S/C29H30N2O4/c1-29(2,18-19-8-4-3-5-9-19)31(25(27(30)34)14-15-26(32)33)28(35)21-12-13-24-22(17-21)16-20-10-6-7-11-23(20)24/h3-13,17,25H,14-16,18H2,1-2H3,(H2,30,34)(H,32,33)/t25-/m0/s1. The fraction of sp³-hybridized carbons (Fsp3) is 0.276. The highest BCUT2D eigenvalue weighted by molar-refractivity contribution is 5.99. The summed E-state index contributed by atoms with van der Waals surface area (Å²) in [7, 11) is 0. The van der Waals surface area contributed by atoms with Gasteiger partial charge in [0.15, 0.2) is 0 Å². The number of fused-ring (bicyclic) bond motifs is 3. The number of hydrogen-bond acceptors (Lipinski definition) is 3. The maximum Gasteiger partial charge on any atom is 0.303 e. The predicted molar refractivity (Wildman–Crippen MR) is 135 cm³/mol. The number of carboxylic acid groups (broad SMARTS) is 1. The van der Waals surface area contributed by atoms with Gasteiger partial charge in [0.05, 0.1) is 0 Å². The first kappa shape index (κ1) is 24.2. The van der Waals surface area contributed by atoms with Crippen molar-refractivity contribution in [2.24, 2.45) is 5.73 Å². The number of hydrogen-bond donors (Lipinski definition) is 2. The summed E-state index contributed by atoms with van der Waals surface area (Å²) in [4.78, 5) is 39.4. The van der Waals surface area contributed by atoms with Crippen molar-refractivity contribution in [3.8, 4) is 11.1 Å². The second-order valence-corrected chi connectivity index (χ2v) is 9.71. The van der Waals surface area contributed by atoms with Crippen LogP contribution in [0.4, 0.5) is 0 Å². The number of carbonyl (C=O) groups is 3. The van der Waals surface area contributed by atoms with Crippen molar-refractivity contribution in [2.75, 3.05) is 0 Å². The summed E-state index contributed by atoms with van der Waals surface area (Å²) in [6.45, 7) is 3.77. The molecule has 6 heteroatoms. The zero-order chi connectivity index (χ0) is 25.2. The molecule has 3 aromatic rings. The SMILES string of the molecule is CC(C)(Cc1ccccc1)N(C(=O)c1ccc2c(c1)Cc1ccccc1-2)[C@@H](CCC(=O)O)C(N)=O. The van der Waals surface area contributed by atoms with Crippen LogP contribution in [0.5, 0.6) is 0 Å². The van der Waals surface area contributed by atoms with Crippen LogP contribution in [0.15, 0.2) is 72.8 Å². The van der Waals surface area contributed by atoms with Gasteiger partial charge in [-0.05, 0) is 73.1 Å². The minimum atomic E-state index is -1.05. The maximum absolute atomic E-state index is 14.0. The van der Waals surface area contributed by atoms with Gasteiger partial charge in [-0.25, -0.2) is 0 Å². The van der Waals surface area contributed by atoms with Crippen molar-refractivity contribution < 1.29 is 19.5 Å². The first-order chi connectivity index (χ1) is 16.7. The molecule has 180 valence electrons. The number of rotatable bonds is 9. The van der Waals surface area contributed by atoms with Crippen molar-refractivity contribution >= 4 is 17.8 Å². The molecule has 3 N–H and O–H groups in total. The fourth-order valence-corrected chi connectivity index (χ4v) is 5.09. The number of nitrogens with two attached hydrogens (primary N) is 1. The van der Waals surface area contributed by atoms with Crippen LogP contribution in [-0.2, 0) is 22.4 Å².